The number of hydrogen-bond donors (Lipinski definition) is 3. The molecule has 1 heterocycles. The van der Waals surface area contributed by atoms with Gasteiger partial charge in [-0.25, -0.2) is 4.79 Å². The summed E-state index contributed by atoms with van der Waals surface area (Å²) >= 11 is 0. The van der Waals surface area contributed by atoms with Gasteiger partial charge in [-0.05, 0) is 31.4 Å². The number of carboxylic acids is 1. The summed E-state index contributed by atoms with van der Waals surface area (Å²) < 4.78 is 1.90. The third-order valence-electron chi connectivity index (χ3n) is 3.50. The molecule has 1 amide bonds. The molecular formula is C13H18N2O4. The van der Waals surface area contributed by atoms with E-state index in [0.29, 0.717) is 11.7 Å². The molecule has 104 valence electrons. The summed E-state index contributed by atoms with van der Waals surface area (Å²) in [6.07, 6.45) is 5.11. The number of aliphatic hydroxyl groups is 1. The van der Waals surface area contributed by atoms with Crippen molar-refractivity contribution in [3.63, 3.8) is 0 Å². The maximum Gasteiger partial charge on any atom is 0.326 e. The van der Waals surface area contributed by atoms with Crippen molar-refractivity contribution in [1.29, 1.82) is 0 Å². The lowest BCUT2D eigenvalue weighted by molar-refractivity contribution is -0.139. The average Bonchev–Trinajstić information content (AvgIpc) is 2.74. The van der Waals surface area contributed by atoms with E-state index >= 15 is 0 Å². The molecule has 19 heavy (non-hydrogen) atoms. The van der Waals surface area contributed by atoms with Crippen molar-refractivity contribution in [2.75, 3.05) is 6.61 Å². The van der Waals surface area contributed by atoms with Crippen LogP contribution in [0.5, 0.6) is 0 Å². The minimum absolute atomic E-state index is 0.00517. The number of rotatable bonds is 6. The Hall–Kier alpha value is -1.82. The second-order valence-electron chi connectivity index (χ2n) is 4.76. The van der Waals surface area contributed by atoms with Crippen LogP contribution in [-0.2, 0) is 4.79 Å². The first-order chi connectivity index (χ1) is 9.13. The highest BCUT2D eigenvalue weighted by molar-refractivity contribution is 5.95. The van der Waals surface area contributed by atoms with Crippen LogP contribution in [0.3, 0.4) is 0 Å². The maximum absolute atomic E-state index is 12.1. The highest BCUT2D eigenvalue weighted by atomic mass is 16.4. The van der Waals surface area contributed by atoms with Crippen LogP contribution in [-0.4, -0.2) is 39.3 Å². The van der Waals surface area contributed by atoms with Crippen molar-refractivity contribution in [1.82, 2.24) is 9.88 Å². The van der Waals surface area contributed by atoms with Gasteiger partial charge in [0.25, 0.3) is 5.91 Å². The summed E-state index contributed by atoms with van der Waals surface area (Å²) in [5.41, 5.74) is 0.480. The number of nitrogens with one attached hydrogen (secondary N) is 1. The molecule has 1 saturated carbocycles. The largest absolute Gasteiger partial charge is 0.480 e. The first-order valence-electron chi connectivity index (χ1n) is 6.45. The number of aromatic nitrogens is 1. The van der Waals surface area contributed by atoms with Gasteiger partial charge in [-0.2, -0.15) is 0 Å². The highest BCUT2D eigenvalue weighted by Gasteiger charge is 2.25. The number of carboxylic acid groups (broad SMARTS) is 1. The second kappa shape index (κ2) is 5.88. The molecule has 0 aliphatic heterocycles. The zero-order valence-corrected chi connectivity index (χ0v) is 10.6. The van der Waals surface area contributed by atoms with E-state index in [0.717, 1.165) is 19.3 Å². The molecule has 0 aromatic carbocycles. The van der Waals surface area contributed by atoms with Crippen molar-refractivity contribution in [2.24, 2.45) is 0 Å². The van der Waals surface area contributed by atoms with Crippen LogP contribution in [0.15, 0.2) is 18.3 Å². The zero-order valence-electron chi connectivity index (χ0n) is 10.6. The van der Waals surface area contributed by atoms with Gasteiger partial charge in [0, 0.05) is 25.3 Å². The Labute approximate surface area is 111 Å². The normalized spacial score (nSPS) is 16.7. The Kier molecular flexibility index (Phi) is 4.21. The molecule has 6 nitrogen and oxygen atoms in total. The summed E-state index contributed by atoms with van der Waals surface area (Å²) in [4.78, 5) is 23.0. The summed E-state index contributed by atoms with van der Waals surface area (Å²) in [5, 5.41) is 20.2. The molecule has 1 aliphatic carbocycles. The van der Waals surface area contributed by atoms with Gasteiger partial charge in [0.1, 0.15) is 11.7 Å². The number of aliphatic hydroxyl groups excluding tert-OH is 1. The SMILES string of the molecule is O=C(N[C@@H](CCO)C(=O)O)c1cccn1C1CCC1. The van der Waals surface area contributed by atoms with Crippen LogP contribution in [0.2, 0.25) is 0 Å². The molecule has 1 fully saturated rings. The number of hydrogen-bond acceptors (Lipinski definition) is 3. The number of carbonyl (C=O) groups is 2. The molecule has 2 rings (SSSR count). The van der Waals surface area contributed by atoms with E-state index in [1.165, 1.54) is 0 Å². The van der Waals surface area contributed by atoms with Crippen molar-refractivity contribution in [3.05, 3.63) is 24.0 Å². The molecule has 0 saturated heterocycles. The van der Waals surface area contributed by atoms with Gasteiger partial charge in [-0.3, -0.25) is 4.79 Å². The lowest BCUT2D eigenvalue weighted by atomic mass is 9.93. The standard InChI is InChI=1S/C13H18N2O4/c16-8-6-10(13(18)19)14-12(17)11-5-2-7-15(11)9-3-1-4-9/h2,5,7,9-10,16H,1,3-4,6,8H2,(H,14,17)(H,18,19)/t10-/m0/s1. The van der Waals surface area contributed by atoms with Crippen LogP contribution in [0.1, 0.15) is 42.2 Å². The predicted molar refractivity (Wildman–Crippen MR) is 67.9 cm³/mol. The van der Waals surface area contributed by atoms with Crippen LogP contribution < -0.4 is 5.32 Å². The molecule has 6 heteroatoms. The Morgan fingerprint density at radius 2 is 2.21 bits per heavy atom. The van der Waals surface area contributed by atoms with E-state index in [1.807, 2.05) is 10.8 Å². The minimum Gasteiger partial charge on any atom is -0.480 e. The number of carbonyl (C=O) groups excluding carboxylic acids is 1. The smallest absolute Gasteiger partial charge is 0.326 e. The van der Waals surface area contributed by atoms with E-state index in [2.05, 4.69) is 5.32 Å². The van der Waals surface area contributed by atoms with Gasteiger partial charge in [0.15, 0.2) is 0 Å². The lowest BCUT2D eigenvalue weighted by Gasteiger charge is -2.29. The van der Waals surface area contributed by atoms with Gasteiger partial charge in [-0.15, -0.1) is 0 Å². The topological polar surface area (TPSA) is 91.6 Å². The van der Waals surface area contributed by atoms with Gasteiger partial charge < -0.3 is 20.1 Å². The van der Waals surface area contributed by atoms with Crippen molar-refractivity contribution in [2.45, 2.75) is 37.8 Å². The Morgan fingerprint density at radius 3 is 2.74 bits per heavy atom. The minimum atomic E-state index is -1.14. The molecule has 1 atom stereocenters. The van der Waals surface area contributed by atoms with Crippen LogP contribution in [0.25, 0.3) is 0 Å². The van der Waals surface area contributed by atoms with Gasteiger partial charge in [0.05, 0.1) is 0 Å². The van der Waals surface area contributed by atoms with E-state index in [1.54, 1.807) is 12.1 Å². The number of nitrogens with zero attached hydrogens (tertiary/aromatic N) is 1. The van der Waals surface area contributed by atoms with Crippen LogP contribution in [0, 0.1) is 0 Å². The van der Waals surface area contributed by atoms with Gasteiger partial charge in [0.2, 0.25) is 0 Å². The molecule has 3 N–H and O–H groups in total. The number of aliphatic carboxylic acids is 1. The lowest BCUT2D eigenvalue weighted by Crippen LogP contribution is -2.42. The van der Waals surface area contributed by atoms with Gasteiger partial charge >= 0.3 is 5.97 Å². The Bertz CT molecular complexity index is 465. The molecule has 0 spiro atoms. The van der Waals surface area contributed by atoms with Crippen LogP contribution in [0.4, 0.5) is 0 Å². The third kappa shape index (κ3) is 2.96. The van der Waals surface area contributed by atoms with E-state index in [9.17, 15) is 9.59 Å². The van der Waals surface area contributed by atoms with E-state index in [4.69, 9.17) is 10.2 Å². The molecule has 1 aliphatic rings. The van der Waals surface area contributed by atoms with Gasteiger partial charge in [-0.1, -0.05) is 0 Å². The average molecular weight is 266 g/mol. The molecule has 1 aromatic heterocycles. The van der Waals surface area contributed by atoms with Crippen molar-refractivity contribution < 1.29 is 19.8 Å². The third-order valence-corrected chi connectivity index (χ3v) is 3.50. The highest BCUT2D eigenvalue weighted by Crippen LogP contribution is 2.32. The number of amides is 1. The predicted octanol–water partition coefficient (Wildman–Crippen LogP) is 0.778. The molecule has 0 radical (unpaired) electrons. The molecule has 1 aromatic rings. The van der Waals surface area contributed by atoms with E-state index in [-0.39, 0.29) is 13.0 Å². The monoisotopic (exact) mass is 266 g/mol. The fourth-order valence-corrected chi connectivity index (χ4v) is 2.19. The second-order valence-corrected chi connectivity index (χ2v) is 4.76. The first-order valence-corrected chi connectivity index (χ1v) is 6.45. The summed E-state index contributed by atoms with van der Waals surface area (Å²) in [5.74, 6) is -1.54. The quantitative estimate of drug-likeness (QED) is 0.709. The first kappa shape index (κ1) is 13.6. The maximum atomic E-state index is 12.1. The summed E-state index contributed by atoms with van der Waals surface area (Å²) in [6, 6.07) is 2.76. The fourth-order valence-electron chi connectivity index (χ4n) is 2.19. The Balaban J connectivity index is 2.06. The Morgan fingerprint density at radius 1 is 1.47 bits per heavy atom. The van der Waals surface area contributed by atoms with Crippen molar-refractivity contribution in [3.8, 4) is 0 Å². The molecule has 0 unspecified atom stereocenters. The van der Waals surface area contributed by atoms with Crippen LogP contribution >= 0.6 is 0 Å². The van der Waals surface area contributed by atoms with E-state index < -0.39 is 17.9 Å². The summed E-state index contributed by atoms with van der Waals surface area (Å²) in [6.45, 7) is -0.277. The zero-order chi connectivity index (χ0) is 13.8. The molecular weight excluding hydrogens is 248 g/mol. The summed E-state index contributed by atoms with van der Waals surface area (Å²) in [7, 11) is 0. The van der Waals surface area contributed by atoms with Crippen molar-refractivity contribution >= 4 is 11.9 Å². The molecule has 0 bridgehead atoms. The fraction of sp³-hybridized carbons (Fsp3) is 0.538.